The number of rotatable bonds is 4. The maximum atomic E-state index is 10.2. The zero-order valence-corrected chi connectivity index (χ0v) is 11.5. The number of aliphatic hydroxyl groups is 1. The van der Waals surface area contributed by atoms with E-state index in [2.05, 4.69) is 29.2 Å². The van der Waals surface area contributed by atoms with Crippen LogP contribution in [-0.4, -0.2) is 24.3 Å². The van der Waals surface area contributed by atoms with E-state index in [9.17, 15) is 5.11 Å². The number of nitrogens with two attached hydrogens (primary N) is 1. The number of aliphatic hydroxyl groups excluding tert-OH is 1. The van der Waals surface area contributed by atoms with E-state index < -0.39 is 0 Å². The van der Waals surface area contributed by atoms with Crippen LogP contribution < -0.4 is 10.6 Å². The van der Waals surface area contributed by atoms with Gasteiger partial charge in [-0.3, -0.25) is 0 Å². The highest BCUT2D eigenvalue weighted by molar-refractivity contribution is 5.48. The Morgan fingerprint density at radius 3 is 2.21 bits per heavy atom. The van der Waals surface area contributed by atoms with E-state index in [1.165, 1.54) is 24.9 Å². The Kier molecular flexibility index (Phi) is 3.76. The summed E-state index contributed by atoms with van der Waals surface area (Å²) in [6.07, 6.45) is 5.69. The lowest BCUT2D eigenvalue weighted by atomic mass is 9.77. The van der Waals surface area contributed by atoms with Crippen molar-refractivity contribution < 1.29 is 5.11 Å². The van der Waals surface area contributed by atoms with Crippen molar-refractivity contribution in [2.24, 2.45) is 11.7 Å². The molecule has 0 aromatic heterocycles. The summed E-state index contributed by atoms with van der Waals surface area (Å²) in [6.45, 7) is 2.33. The minimum Gasteiger partial charge on any atom is -0.391 e. The molecule has 1 aliphatic heterocycles. The first kappa shape index (κ1) is 12.9. The average molecular weight is 260 g/mol. The molecule has 1 aromatic rings. The zero-order valence-electron chi connectivity index (χ0n) is 11.5. The third kappa shape index (κ3) is 2.63. The zero-order chi connectivity index (χ0) is 13.2. The van der Waals surface area contributed by atoms with Crippen LogP contribution in [0.2, 0.25) is 0 Å². The summed E-state index contributed by atoms with van der Waals surface area (Å²) in [5.74, 6) is 0.410. The predicted octanol–water partition coefficient (Wildman–Crippen LogP) is 2.45. The third-order valence-corrected chi connectivity index (χ3v) is 4.75. The maximum absolute atomic E-state index is 10.2. The molecular weight excluding hydrogens is 236 g/mol. The Balaban J connectivity index is 1.67. The van der Waals surface area contributed by atoms with Gasteiger partial charge >= 0.3 is 0 Å². The Morgan fingerprint density at radius 2 is 1.68 bits per heavy atom. The summed E-state index contributed by atoms with van der Waals surface area (Å²) in [5, 5.41) is 10.2. The Labute approximate surface area is 115 Å². The van der Waals surface area contributed by atoms with E-state index in [0.717, 1.165) is 31.5 Å². The SMILES string of the molecule is N[C@H](c1ccc(N2CCCC2)cc1)[C@@H](O)C1CCC1. The lowest BCUT2D eigenvalue weighted by Crippen LogP contribution is -2.36. The monoisotopic (exact) mass is 260 g/mol. The average Bonchev–Trinajstić information content (AvgIpc) is 2.90. The normalized spacial score (nSPS) is 23.2. The van der Waals surface area contributed by atoms with Gasteiger partial charge in [0.25, 0.3) is 0 Å². The molecule has 104 valence electrons. The van der Waals surface area contributed by atoms with Gasteiger partial charge in [0.2, 0.25) is 0 Å². The second-order valence-electron chi connectivity index (χ2n) is 5.99. The first-order chi connectivity index (χ1) is 9.25. The first-order valence-electron chi connectivity index (χ1n) is 7.54. The van der Waals surface area contributed by atoms with Crippen molar-refractivity contribution in [1.82, 2.24) is 0 Å². The molecule has 0 bridgehead atoms. The van der Waals surface area contributed by atoms with Gasteiger partial charge in [0, 0.05) is 18.8 Å². The van der Waals surface area contributed by atoms with Gasteiger partial charge in [-0.05, 0) is 49.3 Å². The van der Waals surface area contributed by atoms with Gasteiger partial charge < -0.3 is 15.7 Å². The molecule has 1 saturated heterocycles. The van der Waals surface area contributed by atoms with E-state index in [1.807, 2.05) is 0 Å². The lowest BCUT2D eigenvalue weighted by Gasteiger charge is -2.34. The van der Waals surface area contributed by atoms with E-state index in [0.29, 0.717) is 5.92 Å². The fourth-order valence-electron chi connectivity index (χ4n) is 3.15. The molecule has 2 atom stereocenters. The van der Waals surface area contributed by atoms with Gasteiger partial charge in [0.1, 0.15) is 0 Å². The molecule has 19 heavy (non-hydrogen) atoms. The summed E-state index contributed by atoms with van der Waals surface area (Å²) in [4.78, 5) is 2.41. The number of anilines is 1. The molecule has 3 N–H and O–H groups in total. The summed E-state index contributed by atoms with van der Waals surface area (Å²) in [7, 11) is 0. The van der Waals surface area contributed by atoms with Gasteiger partial charge in [-0.15, -0.1) is 0 Å². The minimum absolute atomic E-state index is 0.238. The van der Waals surface area contributed by atoms with Gasteiger partial charge in [-0.2, -0.15) is 0 Å². The van der Waals surface area contributed by atoms with Crippen molar-refractivity contribution in [2.75, 3.05) is 18.0 Å². The van der Waals surface area contributed by atoms with E-state index in [-0.39, 0.29) is 12.1 Å². The molecule has 0 amide bonds. The quantitative estimate of drug-likeness (QED) is 0.874. The Hall–Kier alpha value is -1.06. The molecule has 2 aliphatic rings. The topological polar surface area (TPSA) is 49.5 Å². The van der Waals surface area contributed by atoms with Gasteiger partial charge in [0.05, 0.1) is 12.1 Å². The molecule has 1 aliphatic carbocycles. The van der Waals surface area contributed by atoms with Gasteiger partial charge in [-0.1, -0.05) is 18.6 Å². The number of hydrogen-bond donors (Lipinski definition) is 2. The molecule has 3 nitrogen and oxygen atoms in total. The fourth-order valence-corrected chi connectivity index (χ4v) is 3.15. The molecule has 3 rings (SSSR count). The smallest absolute Gasteiger partial charge is 0.0760 e. The molecule has 1 saturated carbocycles. The molecule has 0 radical (unpaired) electrons. The van der Waals surface area contributed by atoms with Crippen molar-refractivity contribution in [1.29, 1.82) is 0 Å². The second kappa shape index (κ2) is 5.51. The highest BCUT2D eigenvalue weighted by atomic mass is 16.3. The van der Waals surface area contributed by atoms with Gasteiger partial charge in [0.15, 0.2) is 0 Å². The van der Waals surface area contributed by atoms with Crippen molar-refractivity contribution in [3.05, 3.63) is 29.8 Å². The van der Waals surface area contributed by atoms with Crippen molar-refractivity contribution >= 4 is 5.69 Å². The van der Waals surface area contributed by atoms with Crippen LogP contribution in [0.5, 0.6) is 0 Å². The standard InChI is InChI=1S/C16H24N2O/c17-15(16(19)13-4-3-5-13)12-6-8-14(9-7-12)18-10-1-2-11-18/h6-9,13,15-16,19H,1-5,10-11,17H2/t15-,16+/m1/s1. The summed E-state index contributed by atoms with van der Waals surface area (Å²) in [6, 6.07) is 8.22. The van der Waals surface area contributed by atoms with E-state index >= 15 is 0 Å². The fraction of sp³-hybridized carbons (Fsp3) is 0.625. The van der Waals surface area contributed by atoms with Crippen LogP contribution in [0, 0.1) is 5.92 Å². The van der Waals surface area contributed by atoms with Crippen LogP contribution in [0.1, 0.15) is 43.7 Å². The van der Waals surface area contributed by atoms with Crippen LogP contribution in [0.4, 0.5) is 5.69 Å². The van der Waals surface area contributed by atoms with Crippen LogP contribution in [-0.2, 0) is 0 Å². The lowest BCUT2D eigenvalue weighted by molar-refractivity contribution is 0.0414. The molecule has 0 unspecified atom stereocenters. The van der Waals surface area contributed by atoms with Crippen molar-refractivity contribution in [2.45, 2.75) is 44.2 Å². The minimum atomic E-state index is -0.383. The van der Waals surface area contributed by atoms with E-state index in [4.69, 9.17) is 5.73 Å². The second-order valence-corrected chi connectivity index (χ2v) is 5.99. The van der Waals surface area contributed by atoms with Gasteiger partial charge in [-0.25, -0.2) is 0 Å². The van der Waals surface area contributed by atoms with Crippen LogP contribution in [0.3, 0.4) is 0 Å². The number of hydrogen-bond acceptors (Lipinski definition) is 3. The van der Waals surface area contributed by atoms with Crippen molar-refractivity contribution in [3.8, 4) is 0 Å². The Morgan fingerprint density at radius 1 is 1.05 bits per heavy atom. The highest BCUT2D eigenvalue weighted by Gasteiger charge is 2.30. The molecular formula is C16H24N2O. The largest absolute Gasteiger partial charge is 0.391 e. The maximum Gasteiger partial charge on any atom is 0.0760 e. The molecule has 3 heteroatoms. The summed E-state index contributed by atoms with van der Waals surface area (Å²) >= 11 is 0. The first-order valence-corrected chi connectivity index (χ1v) is 7.54. The number of nitrogens with zero attached hydrogens (tertiary/aromatic N) is 1. The molecule has 1 aromatic carbocycles. The van der Waals surface area contributed by atoms with Crippen LogP contribution >= 0.6 is 0 Å². The summed E-state index contributed by atoms with van der Waals surface area (Å²) in [5.41, 5.74) is 8.53. The molecule has 0 spiro atoms. The third-order valence-electron chi connectivity index (χ3n) is 4.75. The highest BCUT2D eigenvalue weighted by Crippen LogP contribution is 2.34. The predicted molar refractivity (Wildman–Crippen MR) is 78.2 cm³/mol. The number of benzene rings is 1. The molecule has 1 heterocycles. The summed E-state index contributed by atoms with van der Waals surface area (Å²) < 4.78 is 0. The van der Waals surface area contributed by atoms with Crippen LogP contribution in [0.15, 0.2) is 24.3 Å². The van der Waals surface area contributed by atoms with Crippen LogP contribution in [0.25, 0.3) is 0 Å². The van der Waals surface area contributed by atoms with Crippen molar-refractivity contribution in [3.63, 3.8) is 0 Å². The Bertz CT molecular complexity index is 407. The van der Waals surface area contributed by atoms with E-state index in [1.54, 1.807) is 0 Å². The molecule has 2 fully saturated rings.